The highest BCUT2D eigenvalue weighted by molar-refractivity contribution is 7.90. The van der Waals surface area contributed by atoms with E-state index in [0.29, 0.717) is 11.4 Å². The Balaban J connectivity index is 0.00000280. The molecule has 3 heterocycles. The van der Waals surface area contributed by atoms with E-state index in [1.165, 1.54) is 37.4 Å². The molecule has 3 aromatic heterocycles. The average Bonchev–Trinajstić information content (AvgIpc) is 2.86. The Kier molecular flexibility index (Phi) is 7.40. The highest BCUT2D eigenvalue weighted by Crippen LogP contribution is 2.33. The first kappa shape index (κ1) is 26.7. The normalized spacial score (nSPS) is 11.2. The summed E-state index contributed by atoms with van der Waals surface area (Å²) in [4.78, 5) is 25.4. The summed E-state index contributed by atoms with van der Waals surface area (Å²) in [6.45, 7) is 7.24. The molecule has 0 spiro atoms. The van der Waals surface area contributed by atoms with Crippen LogP contribution in [0.15, 0.2) is 59.8 Å². The van der Waals surface area contributed by atoms with Gasteiger partial charge in [-0.05, 0) is 63.1 Å². The number of hydrogen-bond acceptors (Lipinski definition) is 8. The molecule has 1 amide bonds. The minimum Gasteiger partial charge on any atom is -0.481 e. The molecule has 0 saturated carbocycles. The van der Waals surface area contributed by atoms with Crippen LogP contribution in [0.3, 0.4) is 0 Å². The monoisotopic (exact) mass is 540 g/mol. The third-order valence-corrected chi connectivity index (χ3v) is 6.82. The van der Waals surface area contributed by atoms with Gasteiger partial charge in [-0.15, -0.1) is 0 Å². The number of carbonyl (C=O) groups is 1. The molecule has 1 N–H and O–H groups in total. The lowest BCUT2D eigenvalue weighted by atomic mass is 10.1. The Morgan fingerprint density at radius 1 is 1.00 bits per heavy atom. The highest BCUT2D eigenvalue weighted by atomic mass is 32.2. The van der Waals surface area contributed by atoms with Gasteiger partial charge in [0.15, 0.2) is 10.8 Å². The maximum absolute atomic E-state index is 14.7. The maximum Gasteiger partial charge on any atom is 0.281 e. The maximum atomic E-state index is 14.7. The summed E-state index contributed by atoms with van der Waals surface area (Å²) in [6, 6.07) is 12.3. The zero-order valence-corrected chi connectivity index (χ0v) is 22.2. The van der Waals surface area contributed by atoms with Gasteiger partial charge < -0.3 is 9.47 Å². The molecule has 38 heavy (non-hydrogen) atoms. The van der Waals surface area contributed by atoms with Gasteiger partial charge >= 0.3 is 0 Å². The molecule has 0 aliphatic heterocycles. The van der Waals surface area contributed by atoms with E-state index in [-0.39, 0.29) is 36.5 Å². The van der Waals surface area contributed by atoms with Crippen LogP contribution in [0.1, 0.15) is 35.6 Å². The Bertz CT molecular complexity index is 1650. The minimum atomic E-state index is -4.30. The molecule has 0 bridgehead atoms. The van der Waals surface area contributed by atoms with Gasteiger partial charge in [0.25, 0.3) is 15.9 Å². The number of nitrogens with zero attached hydrogens (tertiary/aromatic N) is 3. The first-order valence-electron chi connectivity index (χ1n) is 11.5. The number of amides is 1. The van der Waals surface area contributed by atoms with Crippen LogP contribution in [0.25, 0.3) is 11.3 Å². The number of pyridine rings is 3. The number of sulfonamides is 1. The van der Waals surface area contributed by atoms with Crippen molar-refractivity contribution in [2.45, 2.75) is 32.7 Å². The van der Waals surface area contributed by atoms with E-state index in [2.05, 4.69) is 15.0 Å². The van der Waals surface area contributed by atoms with E-state index in [4.69, 9.17) is 9.47 Å². The number of nitrogens with one attached hydrogen (secondary N) is 1. The summed E-state index contributed by atoms with van der Waals surface area (Å²) in [5, 5.41) is -0.311. The third-order valence-electron chi connectivity index (χ3n) is 5.59. The van der Waals surface area contributed by atoms with Crippen molar-refractivity contribution in [3.63, 3.8) is 0 Å². The second-order valence-corrected chi connectivity index (χ2v) is 10.3. The van der Waals surface area contributed by atoms with Gasteiger partial charge in [-0.2, -0.15) is 8.42 Å². The summed E-state index contributed by atoms with van der Waals surface area (Å²) in [6.07, 6.45) is 0.993. The summed E-state index contributed by atoms with van der Waals surface area (Å²) in [5.74, 6) is -1.27. The van der Waals surface area contributed by atoms with Crippen molar-refractivity contribution >= 4 is 15.9 Å². The van der Waals surface area contributed by atoms with Gasteiger partial charge in [0, 0.05) is 20.2 Å². The number of aromatic nitrogens is 3. The first-order chi connectivity index (χ1) is 18.0. The molecule has 11 heteroatoms. The molecule has 0 atom stereocenters. The number of rotatable bonds is 7. The number of methoxy groups -OCH3 is 1. The summed E-state index contributed by atoms with van der Waals surface area (Å²) < 4.78 is 53.6. The number of benzene rings is 1. The molecule has 0 saturated heterocycles. The van der Waals surface area contributed by atoms with E-state index < -0.39 is 21.7 Å². The predicted molar refractivity (Wildman–Crippen MR) is 143 cm³/mol. The third kappa shape index (κ3) is 5.62. The molecule has 0 aliphatic rings. The standard InChI is InChI=1S/C27H25FN4O5S.2H2/c1-15-11-16(2)25(17(3)12-15)37-27-19(26(33)32-38(34,35)24-8-6-7-18(4)30-24)9-10-22(31-27)20-13-23(36-5)29-14-21(20)28;;/h6-14H,1-5H3,(H,32,33);2*1H. The molecule has 0 unspecified atom stereocenters. The van der Waals surface area contributed by atoms with Crippen LogP contribution < -0.4 is 14.2 Å². The molecule has 4 rings (SSSR count). The summed E-state index contributed by atoms with van der Waals surface area (Å²) >= 11 is 0. The van der Waals surface area contributed by atoms with Crippen LogP contribution >= 0.6 is 0 Å². The molecule has 9 nitrogen and oxygen atoms in total. The van der Waals surface area contributed by atoms with Crippen LogP contribution in [0.4, 0.5) is 4.39 Å². The van der Waals surface area contributed by atoms with E-state index in [1.54, 1.807) is 13.0 Å². The van der Waals surface area contributed by atoms with E-state index in [0.717, 1.165) is 22.9 Å². The predicted octanol–water partition coefficient (Wildman–Crippen LogP) is 5.32. The Morgan fingerprint density at radius 2 is 1.71 bits per heavy atom. The van der Waals surface area contributed by atoms with Crippen LogP contribution in [0.2, 0.25) is 0 Å². The lowest BCUT2D eigenvalue weighted by Gasteiger charge is -2.16. The highest BCUT2D eigenvalue weighted by Gasteiger charge is 2.25. The SMILES string of the molecule is COc1cc(-c2ccc(C(=O)NS(=O)(=O)c3cccc(C)n3)c(Oc3c(C)cc(C)cc3C)n2)c(F)cn1.[HH].[HH]. The largest absolute Gasteiger partial charge is 0.481 e. The average molecular weight is 541 g/mol. The molecular weight excluding hydrogens is 511 g/mol. The first-order valence-corrected chi connectivity index (χ1v) is 12.9. The Morgan fingerprint density at radius 3 is 2.37 bits per heavy atom. The molecule has 1 aromatic carbocycles. The van der Waals surface area contributed by atoms with Crippen LogP contribution in [0.5, 0.6) is 17.5 Å². The molecule has 0 aliphatic carbocycles. The molecule has 4 aromatic rings. The van der Waals surface area contributed by atoms with Gasteiger partial charge in [0.2, 0.25) is 11.8 Å². The number of carbonyl (C=O) groups excluding carboxylic acids is 1. The fourth-order valence-electron chi connectivity index (χ4n) is 3.89. The zero-order chi connectivity index (χ0) is 27.6. The van der Waals surface area contributed by atoms with Crippen molar-refractivity contribution in [3.05, 3.63) is 88.5 Å². The fourth-order valence-corrected chi connectivity index (χ4v) is 4.87. The number of ether oxygens (including phenoxy) is 2. The fraction of sp³-hybridized carbons (Fsp3) is 0.185. The molecule has 0 fully saturated rings. The van der Waals surface area contributed by atoms with E-state index >= 15 is 0 Å². The molecular formula is C27H29FN4O5S. The Hall–Kier alpha value is -4.38. The van der Waals surface area contributed by atoms with E-state index in [1.807, 2.05) is 37.6 Å². The van der Waals surface area contributed by atoms with Crippen molar-refractivity contribution < 1.29 is 29.9 Å². The van der Waals surface area contributed by atoms with Gasteiger partial charge in [0.1, 0.15) is 11.3 Å². The van der Waals surface area contributed by atoms with Gasteiger partial charge in [-0.3, -0.25) is 4.79 Å². The Labute approximate surface area is 222 Å². The lowest BCUT2D eigenvalue weighted by molar-refractivity contribution is 0.0978. The molecule has 200 valence electrons. The van der Waals surface area contributed by atoms with Gasteiger partial charge in [-0.25, -0.2) is 24.1 Å². The minimum absolute atomic E-state index is 0. The second-order valence-electron chi connectivity index (χ2n) is 8.64. The molecule has 0 radical (unpaired) electrons. The topological polar surface area (TPSA) is 120 Å². The number of aryl methyl sites for hydroxylation is 4. The quantitative estimate of drug-likeness (QED) is 0.334. The van der Waals surface area contributed by atoms with Gasteiger partial charge in [0.05, 0.1) is 19.0 Å². The van der Waals surface area contributed by atoms with E-state index in [9.17, 15) is 17.6 Å². The number of halogens is 1. The van der Waals surface area contributed by atoms with Crippen molar-refractivity contribution in [2.75, 3.05) is 7.11 Å². The summed E-state index contributed by atoms with van der Waals surface area (Å²) in [5.41, 5.74) is 3.03. The van der Waals surface area contributed by atoms with Crippen LogP contribution in [-0.2, 0) is 10.0 Å². The summed E-state index contributed by atoms with van der Waals surface area (Å²) in [7, 11) is -2.90. The smallest absolute Gasteiger partial charge is 0.281 e. The van der Waals surface area contributed by atoms with Crippen LogP contribution in [0, 0.1) is 33.5 Å². The van der Waals surface area contributed by atoms with Crippen molar-refractivity contribution in [1.82, 2.24) is 19.7 Å². The van der Waals surface area contributed by atoms with Crippen molar-refractivity contribution in [1.29, 1.82) is 0 Å². The second kappa shape index (κ2) is 10.5. The van der Waals surface area contributed by atoms with Crippen molar-refractivity contribution in [3.8, 4) is 28.8 Å². The van der Waals surface area contributed by atoms with Gasteiger partial charge in [-0.1, -0.05) is 23.8 Å². The lowest BCUT2D eigenvalue weighted by Crippen LogP contribution is -2.31. The van der Waals surface area contributed by atoms with Crippen LogP contribution in [-0.4, -0.2) is 36.4 Å². The number of hydrogen-bond donors (Lipinski definition) is 1. The van der Waals surface area contributed by atoms with Crippen molar-refractivity contribution in [2.24, 2.45) is 0 Å². The zero-order valence-electron chi connectivity index (χ0n) is 21.4.